The standard InChI is InChI=1S/C21H22N4O2/c1-27-21(26)25-11-9-15(14-25)13-23-20-22-10-8-19(24-20)18-7-6-16-4-2-3-5-17(16)12-18/h2-8,10,12,15H,9,11,13-14H2,1H3,(H,22,23,24)/t15-/m1/s1. The first-order valence-corrected chi connectivity index (χ1v) is 9.12. The van der Waals surface area contributed by atoms with Crippen molar-refractivity contribution in [1.82, 2.24) is 14.9 Å². The van der Waals surface area contributed by atoms with Crippen molar-refractivity contribution in [3.8, 4) is 11.3 Å². The number of anilines is 1. The SMILES string of the molecule is COC(=O)N1CC[C@H](CNc2nccc(-c3ccc4ccccc4c3)n2)C1. The van der Waals surface area contributed by atoms with Gasteiger partial charge in [-0.3, -0.25) is 0 Å². The van der Waals surface area contributed by atoms with Crippen LogP contribution in [0.3, 0.4) is 0 Å². The van der Waals surface area contributed by atoms with Crippen molar-refractivity contribution < 1.29 is 9.53 Å². The predicted molar refractivity (Wildman–Crippen MR) is 106 cm³/mol. The Morgan fingerprint density at radius 1 is 1.22 bits per heavy atom. The minimum Gasteiger partial charge on any atom is -0.453 e. The molecule has 2 heterocycles. The van der Waals surface area contributed by atoms with Crippen molar-refractivity contribution in [1.29, 1.82) is 0 Å². The second kappa shape index (κ2) is 7.61. The van der Waals surface area contributed by atoms with Crippen molar-refractivity contribution in [2.24, 2.45) is 5.92 Å². The van der Waals surface area contributed by atoms with Gasteiger partial charge in [-0.25, -0.2) is 14.8 Å². The first kappa shape index (κ1) is 17.3. The number of fused-ring (bicyclic) bond motifs is 1. The number of amides is 1. The maximum atomic E-state index is 11.6. The van der Waals surface area contributed by atoms with E-state index in [0.29, 0.717) is 18.4 Å². The van der Waals surface area contributed by atoms with Crippen molar-refractivity contribution in [3.05, 3.63) is 54.7 Å². The quantitative estimate of drug-likeness (QED) is 0.765. The molecular weight excluding hydrogens is 340 g/mol. The molecule has 0 aliphatic carbocycles. The lowest BCUT2D eigenvalue weighted by Crippen LogP contribution is -2.29. The number of methoxy groups -OCH3 is 1. The van der Waals surface area contributed by atoms with Crippen LogP contribution in [0.1, 0.15) is 6.42 Å². The smallest absolute Gasteiger partial charge is 0.409 e. The van der Waals surface area contributed by atoms with Gasteiger partial charge >= 0.3 is 6.09 Å². The fourth-order valence-corrected chi connectivity index (χ4v) is 3.48. The minimum absolute atomic E-state index is 0.257. The maximum absolute atomic E-state index is 11.6. The number of carbonyl (C=O) groups excluding carboxylic acids is 1. The van der Waals surface area contributed by atoms with Gasteiger partial charge in [-0.15, -0.1) is 0 Å². The van der Waals surface area contributed by atoms with Crippen LogP contribution in [0.4, 0.5) is 10.7 Å². The van der Waals surface area contributed by atoms with Gasteiger partial charge in [-0.05, 0) is 35.2 Å². The number of nitrogens with zero attached hydrogens (tertiary/aromatic N) is 3. The van der Waals surface area contributed by atoms with E-state index in [9.17, 15) is 4.79 Å². The lowest BCUT2D eigenvalue weighted by molar-refractivity contribution is 0.132. The van der Waals surface area contributed by atoms with Crippen LogP contribution < -0.4 is 5.32 Å². The van der Waals surface area contributed by atoms with Gasteiger partial charge < -0.3 is 15.0 Å². The summed E-state index contributed by atoms with van der Waals surface area (Å²) in [7, 11) is 1.42. The summed E-state index contributed by atoms with van der Waals surface area (Å²) in [6.07, 6.45) is 2.47. The molecule has 138 valence electrons. The van der Waals surface area contributed by atoms with E-state index < -0.39 is 0 Å². The Balaban J connectivity index is 1.44. The largest absolute Gasteiger partial charge is 0.453 e. The number of benzene rings is 2. The van der Waals surface area contributed by atoms with E-state index in [-0.39, 0.29) is 6.09 Å². The average molecular weight is 362 g/mol. The maximum Gasteiger partial charge on any atom is 0.409 e. The highest BCUT2D eigenvalue weighted by Gasteiger charge is 2.26. The zero-order chi connectivity index (χ0) is 18.6. The molecule has 0 unspecified atom stereocenters. The first-order valence-electron chi connectivity index (χ1n) is 9.12. The van der Waals surface area contributed by atoms with Gasteiger partial charge in [0, 0.05) is 31.4 Å². The molecule has 1 atom stereocenters. The van der Waals surface area contributed by atoms with Crippen molar-refractivity contribution >= 4 is 22.8 Å². The number of hydrogen-bond acceptors (Lipinski definition) is 5. The van der Waals surface area contributed by atoms with E-state index in [1.165, 1.54) is 17.9 Å². The molecule has 4 rings (SSSR count). The molecular formula is C21H22N4O2. The Labute approximate surface area is 158 Å². The Morgan fingerprint density at radius 3 is 2.93 bits per heavy atom. The molecule has 1 fully saturated rings. The molecule has 0 radical (unpaired) electrons. The minimum atomic E-state index is -0.257. The van der Waals surface area contributed by atoms with Gasteiger partial charge in [0.1, 0.15) is 0 Å². The third-order valence-electron chi connectivity index (χ3n) is 4.97. The number of rotatable bonds is 4. The number of likely N-dealkylation sites (tertiary alicyclic amines) is 1. The molecule has 1 saturated heterocycles. The van der Waals surface area contributed by atoms with E-state index in [2.05, 4.69) is 45.6 Å². The summed E-state index contributed by atoms with van der Waals surface area (Å²) < 4.78 is 4.78. The van der Waals surface area contributed by atoms with Crippen molar-refractivity contribution in [2.75, 3.05) is 32.1 Å². The third-order valence-corrected chi connectivity index (χ3v) is 4.97. The highest BCUT2D eigenvalue weighted by atomic mass is 16.5. The summed E-state index contributed by atoms with van der Waals surface area (Å²) in [6, 6.07) is 16.5. The number of ether oxygens (including phenoxy) is 1. The highest BCUT2D eigenvalue weighted by molar-refractivity contribution is 5.86. The number of hydrogen-bond donors (Lipinski definition) is 1. The Kier molecular flexibility index (Phi) is 4.87. The van der Waals surface area contributed by atoms with Gasteiger partial charge in [-0.2, -0.15) is 0 Å². The number of aromatic nitrogens is 2. The normalized spacial score (nSPS) is 16.5. The monoisotopic (exact) mass is 362 g/mol. The zero-order valence-electron chi connectivity index (χ0n) is 15.3. The van der Waals surface area contributed by atoms with Gasteiger partial charge in [-0.1, -0.05) is 36.4 Å². The van der Waals surface area contributed by atoms with E-state index >= 15 is 0 Å². The second-order valence-electron chi connectivity index (χ2n) is 6.78. The molecule has 6 heteroatoms. The van der Waals surface area contributed by atoms with E-state index in [0.717, 1.165) is 30.8 Å². The molecule has 2 aromatic carbocycles. The molecule has 1 aliphatic rings. The molecule has 1 N–H and O–H groups in total. The zero-order valence-corrected chi connectivity index (χ0v) is 15.3. The Morgan fingerprint density at radius 2 is 2.07 bits per heavy atom. The fraction of sp³-hybridized carbons (Fsp3) is 0.286. The molecule has 0 spiro atoms. The summed E-state index contributed by atoms with van der Waals surface area (Å²) in [4.78, 5) is 22.3. The second-order valence-corrected chi connectivity index (χ2v) is 6.78. The van der Waals surface area contributed by atoms with Crippen LogP contribution in [-0.4, -0.2) is 47.7 Å². The van der Waals surface area contributed by atoms with Gasteiger partial charge in [0.25, 0.3) is 0 Å². The summed E-state index contributed by atoms with van der Waals surface area (Å²) in [5.41, 5.74) is 1.96. The highest BCUT2D eigenvalue weighted by Crippen LogP contribution is 2.24. The lowest BCUT2D eigenvalue weighted by atomic mass is 10.1. The van der Waals surface area contributed by atoms with Crippen LogP contribution in [0, 0.1) is 5.92 Å². The van der Waals surface area contributed by atoms with Gasteiger partial charge in [0.05, 0.1) is 12.8 Å². The average Bonchev–Trinajstić information content (AvgIpc) is 3.20. The van der Waals surface area contributed by atoms with Crippen LogP contribution in [0.2, 0.25) is 0 Å². The molecule has 1 aromatic heterocycles. The van der Waals surface area contributed by atoms with Crippen LogP contribution in [0.15, 0.2) is 54.7 Å². The number of nitrogens with one attached hydrogen (secondary N) is 1. The lowest BCUT2D eigenvalue weighted by Gasteiger charge is -2.15. The summed E-state index contributed by atoms with van der Waals surface area (Å²) >= 11 is 0. The fourth-order valence-electron chi connectivity index (χ4n) is 3.48. The molecule has 6 nitrogen and oxygen atoms in total. The summed E-state index contributed by atoms with van der Waals surface area (Å²) in [5.74, 6) is 0.981. The van der Waals surface area contributed by atoms with Gasteiger partial charge in [0.2, 0.25) is 5.95 Å². The molecule has 3 aromatic rings. The van der Waals surface area contributed by atoms with Crippen molar-refractivity contribution in [2.45, 2.75) is 6.42 Å². The molecule has 1 aliphatic heterocycles. The van der Waals surface area contributed by atoms with E-state index in [1.807, 2.05) is 18.2 Å². The van der Waals surface area contributed by atoms with Crippen LogP contribution >= 0.6 is 0 Å². The Bertz CT molecular complexity index is 960. The van der Waals surface area contributed by atoms with Crippen LogP contribution in [0.25, 0.3) is 22.0 Å². The van der Waals surface area contributed by atoms with E-state index in [1.54, 1.807) is 11.1 Å². The third kappa shape index (κ3) is 3.84. The van der Waals surface area contributed by atoms with E-state index in [4.69, 9.17) is 4.74 Å². The summed E-state index contributed by atoms with van der Waals surface area (Å²) in [6.45, 7) is 2.16. The van der Waals surface area contributed by atoms with Crippen LogP contribution in [0.5, 0.6) is 0 Å². The first-order chi connectivity index (χ1) is 13.2. The van der Waals surface area contributed by atoms with Crippen molar-refractivity contribution in [3.63, 3.8) is 0 Å². The molecule has 1 amide bonds. The van der Waals surface area contributed by atoms with Gasteiger partial charge in [0.15, 0.2) is 0 Å². The summed E-state index contributed by atoms with van der Waals surface area (Å²) in [5, 5.41) is 5.72. The predicted octanol–water partition coefficient (Wildman–Crippen LogP) is 3.80. The Hall–Kier alpha value is -3.15. The van der Waals surface area contributed by atoms with Crippen LogP contribution in [-0.2, 0) is 4.74 Å². The topological polar surface area (TPSA) is 67.3 Å². The molecule has 0 saturated carbocycles. The molecule has 0 bridgehead atoms. The molecule has 27 heavy (non-hydrogen) atoms. The number of carbonyl (C=O) groups is 1.